The van der Waals surface area contributed by atoms with E-state index in [1.165, 1.54) is 141 Å². The topological polar surface area (TPSA) is 69.6 Å². The molecule has 264 valence electrons. The van der Waals surface area contributed by atoms with Crippen molar-refractivity contribution in [1.82, 2.24) is 5.32 Å². The average Bonchev–Trinajstić information content (AvgIpc) is 3.04. The number of rotatable bonds is 35. The third kappa shape index (κ3) is 33.8. The molecule has 0 aromatic rings. The van der Waals surface area contributed by atoms with Gasteiger partial charge in [-0.1, -0.05) is 185 Å². The molecule has 0 aliphatic carbocycles. The number of allylic oxidation sites excluding steroid dienone is 5. The van der Waals surface area contributed by atoms with Gasteiger partial charge in [0.1, 0.15) is 0 Å². The standard InChI is InChI=1S/C41H77NO3/c1-3-5-7-9-11-13-15-17-19-20-21-23-24-26-28-30-32-34-36-40(44)39(38-43)42-41(45)37-35-33-31-29-27-25-22-18-16-14-12-10-8-6-4-2/h20-21,26,28,34,36,39-40,43-44H,3-19,22-25,27,29-33,35,37-38H2,1-2H3,(H,42,45)/b21-20+,28-26+,36-34+. The van der Waals surface area contributed by atoms with Crippen LogP contribution in [0.15, 0.2) is 36.5 Å². The van der Waals surface area contributed by atoms with Gasteiger partial charge in [0.25, 0.3) is 0 Å². The second-order valence-corrected chi connectivity index (χ2v) is 13.3. The molecule has 0 saturated heterocycles. The van der Waals surface area contributed by atoms with Crippen LogP contribution in [0.4, 0.5) is 0 Å². The molecule has 0 rings (SSSR count). The molecule has 0 aromatic carbocycles. The van der Waals surface area contributed by atoms with Gasteiger partial charge in [-0.2, -0.15) is 0 Å². The van der Waals surface area contributed by atoms with Gasteiger partial charge in [0.15, 0.2) is 0 Å². The van der Waals surface area contributed by atoms with Gasteiger partial charge in [-0.25, -0.2) is 0 Å². The number of carbonyl (C=O) groups is 1. The number of unbranched alkanes of at least 4 members (excludes halogenated alkanes) is 24. The summed E-state index contributed by atoms with van der Waals surface area (Å²) in [6.45, 7) is 4.28. The van der Waals surface area contributed by atoms with Crippen LogP contribution >= 0.6 is 0 Å². The minimum absolute atomic E-state index is 0.0778. The number of aliphatic hydroxyl groups is 2. The van der Waals surface area contributed by atoms with Crippen molar-refractivity contribution in [2.24, 2.45) is 0 Å². The number of hydrogen-bond acceptors (Lipinski definition) is 3. The third-order valence-corrected chi connectivity index (χ3v) is 8.85. The zero-order chi connectivity index (χ0) is 32.9. The minimum Gasteiger partial charge on any atom is -0.394 e. The molecule has 4 heteroatoms. The summed E-state index contributed by atoms with van der Waals surface area (Å²) >= 11 is 0. The highest BCUT2D eigenvalue weighted by Gasteiger charge is 2.17. The summed E-state index contributed by atoms with van der Waals surface area (Å²) in [6.07, 6.45) is 48.0. The van der Waals surface area contributed by atoms with E-state index < -0.39 is 12.1 Å². The molecule has 0 spiro atoms. The van der Waals surface area contributed by atoms with Crippen molar-refractivity contribution >= 4 is 5.91 Å². The van der Waals surface area contributed by atoms with Gasteiger partial charge in [0.2, 0.25) is 5.91 Å². The van der Waals surface area contributed by atoms with E-state index >= 15 is 0 Å². The first kappa shape index (κ1) is 43.6. The minimum atomic E-state index is -0.866. The van der Waals surface area contributed by atoms with E-state index in [9.17, 15) is 15.0 Å². The molecule has 3 N–H and O–H groups in total. The predicted molar refractivity (Wildman–Crippen MR) is 198 cm³/mol. The molecule has 45 heavy (non-hydrogen) atoms. The van der Waals surface area contributed by atoms with Crippen molar-refractivity contribution in [2.75, 3.05) is 6.61 Å². The van der Waals surface area contributed by atoms with Crippen molar-refractivity contribution in [3.8, 4) is 0 Å². The molecule has 0 aliphatic heterocycles. The maximum atomic E-state index is 12.3. The molecule has 0 fully saturated rings. The smallest absolute Gasteiger partial charge is 0.220 e. The molecule has 0 saturated carbocycles. The molecule has 2 unspecified atom stereocenters. The zero-order valence-electron chi connectivity index (χ0n) is 30.1. The van der Waals surface area contributed by atoms with Crippen LogP contribution in [0.2, 0.25) is 0 Å². The van der Waals surface area contributed by atoms with E-state index in [0.29, 0.717) is 6.42 Å². The van der Waals surface area contributed by atoms with Crippen LogP contribution in [-0.2, 0) is 4.79 Å². The maximum Gasteiger partial charge on any atom is 0.220 e. The fraction of sp³-hybridized carbons (Fsp3) is 0.829. The van der Waals surface area contributed by atoms with E-state index in [1.807, 2.05) is 6.08 Å². The van der Waals surface area contributed by atoms with E-state index in [1.54, 1.807) is 6.08 Å². The van der Waals surface area contributed by atoms with Crippen LogP contribution in [0.5, 0.6) is 0 Å². The Hall–Kier alpha value is -1.39. The van der Waals surface area contributed by atoms with Crippen LogP contribution < -0.4 is 5.32 Å². The number of nitrogens with one attached hydrogen (secondary N) is 1. The second kappa shape index (κ2) is 37.1. The van der Waals surface area contributed by atoms with Crippen molar-refractivity contribution < 1.29 is 15.0 Å². The Balaban J connectivity index is 3.67. The molecule has 1 amide bonds. The number of hydrogen-bond donors (Lipinski definition) is 3. The number of amides is 1. The van der Waals surface area contributed by atoms with E-state index in [4.69, 9.17) is 0 Å². The molecule has 2 atom stereocenters. The highest BCUT2D eigenvalue weighted by Crippen LogP contribution is 2.14. The highest BCUT2D eigenvalue weighted by atomic mass is 16.3. The molecule has 0 bridgehead atoms. The van der Waals surface area contributed by atoms with Gasteiger partial charge in [0.05, 0.1) is 18.8 Å². The first-order valence-corrected chi connectivity index (χ1v) is 19.7. The molecule has 0 aliphatic rings. The maximum absolute atomic E-state index is 12.3. The van der Waals surface area contributed by atoms with Crippen molar-refractivity contribution in [3.05, 3.63) is 36.5 Å². The summed E-state index contributed by atoms with van der Waals surface area (Å²) in [5, 5.41) is 22.9. The molecule has 4 nitrogen and oxygen atoms in total. The monoisotopic (exact) mass is 632 g/mol. The van der Waals surface area contributed by atoms with Gasteiger partial charge < -0.3 is 15.5 Å². The van der Waals surface area contributed by atoms with Crippen molar-refractivity contribution in [2.45, 2.75) is 212 Å². The Labute approximate surface area is 281 Å². The fourth-order valence-electron chi connectivity index (χ4n) is 5.80. The Morgan fingerprint density at radius 1 is 0.511 bits per heavy atom. The van der Waals surface area contributed by atoms with Gasteiger partial charge in [0, 0.05) is 6.42 Å². The quantitative estimate of drug-likeness (QED) is 0.0481. The van der Waals surface area contributed by atoms with E-state index in [0.717, 1.165) is 38.5 Å². The summed E-state index contributed by atoms with van der Waals surface area (Å²) in [6, 6.07) is -0.641. The third-order valence-electron chi connectivity index (χ3n) is 8.85. The summed E-state index contributed by atoms with van der Waals surface area (Å²) < 4.78 is 0. The predicted octanol–water partition coefficient (Wildman–Crippen LogP) is 11.8. The summed E-state index contributed by atoms with van der Waals surface area (Å²) in [4.78, 5) is 12.3. The van der Waals surface area contributed by atoms with Crippen LogP contribution in [0.3, 0.4) is 0 Å². The largest absolute Gasteiger partial charge is 0.394 e. The second-order valence-electron chi connectivity index (χ2n) is 13.3. The average molecular weight is 632 g/mol. The SMILES string of the molecule is CCCCCCCCCC/C=C/CC/C=C/CC/C=C/C(O)C(CO)NC(=O)CCCCCCCCCCCCCCCCC. The van der Waals surface area contributed by atoms with E-state index in [-0.39, 0.29) is 12.5 Å². The van der Waals surface area contributed by atoms with Crippen LogP contribution in [-0.4, -0.2) is 34.9 Å². The van der Waals surface area contributed by atoms with Crippen LogP contribution in [0.25, 0.3) is 0 Å². The summed E-state index contributed by atoms with van der Waals surface area (Å²) in [7, 11) is 0. The first-order chi connectivity index (χ1) is 22.2. The van der Waals surface area contributed by atoms with Gasteiger partial charge in [-0.3, -0.25) is 4.79 Å². The Bertz CT molecular complexity index is 686. The van der Waals surface area contributed by atoms with Crippen molar-refractivity contribution in [1.29, 1.82) is 0 Å². The lowest BCUT2D eigenvalue weighted by molar-refractivity contribution is -0.123. The summed E-state index contributed by atoms with van der Waals surface area (Å²) in [5.41, 5.74) is 0. The van der Waals surface area contributed by atoms with Crippen LogP contribution in [0.1, 0.15) is 200 Å². The molecule has 0 aromatic heterocycles. The first-order valence-electron chi connectivity index (χ1n) is 19.7. The fourth-order valence-corrected chi connectivity index (χ4v) is 5.80. The Kier molecular flexibility index (Phi) is 35.9. The van der Waals surface area contributed by atoms with E-state index in [2.05, 4.69) is 43.5 Å². The van der Waals surface area contributed by atoms with Gasteiger partial charge in [-0.15, -0.1) is 0 Å². The number of carbonyl (C=O) groups excluding carboxylic acids is 1. The summed E-state index contributed by atoms with van der Waals surface area (Å²) in [5.74, 6) is -0.0778. The lowest BCUT2D eigenvalue weighted by atomic mass is 10.0. The normalized spacial score (nSPS) is 13.4. The van der Waals surface area contributed by atoms with Crippen molar-refractivity contribution in [3.63, 3.8) is 0 Å². The number of aliphatic hydroxyl groups excluding tert-OH is 2. The van der Waals surface area contributed by atoms with Crippen LogP contribution in [0, 0.1) is 0 Å². The molecule has 0 radical (unpaired) electrons. The van der Waals surface area contributed by atoms with Gasteiger partial charge in [-0.05, 0) is 44.9 Å². The molecule has 0 heterocycles. The Morgan fingerprint density at radius 3 is 1.29 bits per heavy atom. The lowest BCUT2D eigenvalue weighted by Gasteiger charge is -2.19. The van der Waals surface area contributed by atoms with Gasteiger partial charge >= 0.3 is 0 Å². The molecular weight excluding hydrogens is 554 g/mol. The highest BCUT2D eigenvalue weighted by molar-refractivity contribution is 5.76. The molecular formula is C41H77NO3. The zero-order valence-corrected chi connectivity index (χ0v) is 30.1. The Morgan fingerprint density at radius 2 is 0.867 bits per heavy atom. The lowest BCUT2D eigenvalue weighted by Crippen LogP contribution is -2.45.